The first-order valence-electron chi connectivity index (χ1n) is 7.29. The van der Waals surface area contributed by atoms with E-state index < -0.39 is 0 Å². The molecule has 19 heavy (non-hydrogen) atoms. The van der Waals surface area contributed by atoms with Crippen LogP contribution in [0.2, 0.25) is 0 Å². The van der Waals surface area contributed by atoms with E-state index in [0.717, 1.165) is 17.6 Å². The summed E-state index contributed by atoms with van der Waals surface area (Å²) in [5.41, 5.74) is 0. The Bertz CT molecular complexity index is 440. The Kier molecular flexibility index (Phi) is 2.51. The van der Waals surface area contributed by atoms with Crippen molar-refractivity contribution in [3.8, 4) is 0 Å². The van der Waals surface area contributed by atoms with E-state index in [9.17, 15) is 4.79 Å². The van der Waals surface area contributed by atoms with Crippen LogP contribution in [-0.4, -0.2) is 18.0 Å². The minimum Gasteiger partial charge on any atom is -0.479 e. The SMILES string of the molecule is COC(=O)C1=C(C)OC2(S1)C1CC3CC(C1)CC2C3. The number of thioether (sulfide) groups is 1. The van der Waals surface area contributed by atoms with Gasteiger partial charge >= 0.3 is 5.97 Å². The molecule has 1 heterocycles. The van der Waals surface area contributed by atoms with Gasteiger partial charge in [0.2, 0.25) is 0 Å². The first-order chi connectivity index (χ1) is 9.12. The fourth-order valence-corrected chi connectivity index (χ4v) is 6.55. The molecule has 0 unspecified atom stereocenters. The quantitative estimate of drug-likeness (QED) is 0.690. The van der Waals surface area contributed by atoms with Crippen LogP contribution in [0.25, 0.3) is 0 Å². The summed E-state index contributed by atoms with van der Waals surface area (Å²) in [5.74, 6) is 3.65. The van der Waals surface area contributed by atoms with Gasteiger partial charge < -0.3 is 9.47 Å². The molecule has 0 aromatic heterocycles. The highest BCUT2D eigenvalue weighted by Gasteiger charge is 2.62. The van der Waals surface area contributed by atoms with E-state index in [4.69, 9.17) is 9.47 Å². The molecule has 0 radical (unpaired) electrons. The van der Waals surface area contributed by atoms with E-state index in [2.05, 4.69) is 0 Å². The van der Waals surface area contributed by atoms with Crippen molar-refractivity contribution in [1.82, 2.24) is 0 Å². The summed E-state index contributed by atoms with van der Waals surface area (Å²) in [4.78, 5) is 12.4. The van der Waals surface area contributed by atoms with E-state index in [1.165, 1.54) is 39.2 Å². The van der Waals surface area contributed by atoms with Gasteiger partial charge in [0.25, 0.3) is 0 Å². The third kappa shape index (κ3) is 1.55. The normalized spacial score (nSPS) is 46.8. The molecule has 5 aliphatic rings. The van der Waals surface area contributed by atoms with Gasteiger partial charge in [-0.2, -0.15) is 0 Å². The molecule has 0 aromatic rings. The van der Waals surface area contributed by atoms with Gasteiger partial charge in [0.1, 0.15) is 10.7 Å². The summed E-state index contributed by atoms with van der Waals surface area (Å²) in [6, 6.07) is 0. The third-order valence-corrected chi connectivity index (χ3v) is 7.27. The van der Waals surface area contributed by atoms with Crippen molar-refractivity contribution in [3.05, 3.63) is 10.7 Å². The standard InChI is InChI=1S/C15H20O3S/c1-8-13(14(16)17-2)19-15(18-8)11-4-9-3-10(6-11)7-12(15)5-9/h9-12H,3-7H2,1-2H3. The van der Waals surface area contributed by atoms with Gasteiger partial charge in [-0.25, -0.2) is 4.79 Å². The lowest BCUT2D eigenvalue weighted by molar-refractivity contribution is -0.135. The molecule has 1 spiro atoms. The number of esters is 1. The van der Waals surface area contributed by atoms with E-state index in [-0.39, 0.29) is 10.9 Å². The van der Waals surface area contributed by atoms with Crippen LogP contribution in [0.1, 0.15) is 39.0 Å². The van der Waals surface area contributed by atoms with Crippen LogP contribution in [0.15, 0.2) is 10.7 Å². The average molecular weight is 280 g/mol. The van der Waals surface area contributed by atoms with Crippen LogP contribution in [0, 0.1) is 23.7 Å². The molecule has 0 N–H and O–H groups in total. The number of rotatable bonds is 1. The fourth-order valence-electron chi connectivity index (χ4n) is 4.99. The summed E-state index contributed by atoms with van der Waals surface area (Å²) in [7, 11) is 1.45. The Morgan fingerprint density at radius 2 is 1.79 bits per heavy atom. The molecule has 0 atom stereocenters. The lowest BCUT2D eigenvalue weighted by Gasteiger charge is -2.58. The molecule has 0 aromatic carbocycles. The molecule has 1 aliphatic heterocycles. The monoisotopic (exact) mass is 280 g/mol. The first kappa shape index (κ1) is 12.1. The highest BCUT2D eigenvalue weighted by Crippen LogP contribution is 2.67. The second-order valence-electron chi connectivity index (χ2n) is 6.61. The van der Waals surface area contributed by atoms with Crippen molar-refractivity contribution in [2.24, 2.45) is 23.7 Å². The lowest BCUT2D eigenvalue weighted by atomic mass is 9.54. The third-order valence-electron chi connectivity index (χ3n) is 5.54. The van der Waals surface area contributed by atoms with Crippen molar-refractivity contribution < 1.29 is 14.3 Å². The van der Waals surface area contributed by atoms with Crippen molar-refractivity contribution in [2.75, 3.05) is 7.11 Å². The topological polar surface area (TPSA) is 35.5 Å². The maximum Gasteiger partial charge on any atom is 0.347 e. The molecule has 4 saturated carbocycles. The van der Waals surface area contributed by atoms with E-state index in [0.29, 0.717) is 16.7 Å². The summed E-state index contributed by atoms with van der Waals surface area (Å²) in [6.45, 7) is 1.92. The number of methoxy groups -OCH3 is 1. The number of carbonyl (C=O) groups is 1. The molecule has 3 nitrogen and oxygen atoms in total. The fraction of sp³-hybridized carbons (Fsp3) is 0.800. The molecule has 4 fully saturated rings. The number of allylic oxidation sites excluding steroid dienone is 1. The van der Waals surface area contributed by atoms with Crippen molar-refractivity contribution in [3.63, 3.8) is 0 Å². The Balaban J connectivity index is 1.65. The van der Waals surface area contributed by atoms with Crippen LogP contribution in [-0.2, 0) is 14.3 Å². The van der Waals surface area contributed by atoms with E-state index in [1.807, 2.05) is 6.92 Å². The van der Waals surface area contributed by atoms with Crippen molar-refractivity contribution in [1.29, 1.82) is 0 Å². The molecular formula is C15H20O3S. The summed E-state index contributed by atoms with van der Waals surface area (Å²) in [5, 5.41) is 0. The molecule has 0 saturated heterocycles. The first-order valence-corrected chi connectivity index (χ1v) is 8.11. The molecule has 104 valence electrons. The number of carbonyl (C=O) groups excluding carboxylic acids is 1. The second kappa shape index (κ2) is 3.94. The zero-order valence-electron chi connectivity index (χ0n) is 11.5. The van der Waals surface area contributed by atoms with Crippen molar-refractivity contribution in [2.45, 2.75) is 44.0 Å². The minimum atomic E-state index is -0.229. The summed E-state index contributed by atoms with van der Waals surface area (Å²) in [6.07, 6.45) is 6.61. The Labute approximate surface area is 118 Å². The van der Waals surface area contributed by atoms with Crippen molar-refractivity contribution >= 4 is 17.7 Å². The van der Waals surface area contributed by atoms with Crippen LogP contribution < -0.4 is 0 Å². The lowest BCUT2D eigenvalue weighted by Crippen LogP contribution is -2.55. The zero-order chi connectivity index (χ0) is 13.2. The van der Waals surface area contributed by atoms with Gasteiger partial charge in [-0.05, 0) is 50.9 Å². The highest BCUT2D eigenvalue weighted by atomic mass is 32.2. The van der Waals surface area contributed by atoms with E-state index >= 15 is 0 Å². The molecular weight excluding hydrogens is 260 g/mol. The molecule has 4 bridgehead atoms. The van der Waals surface area contributed by atoms with Gasteiger partial charge in [0.15, 0.2) is 4.93 Å². The second-order valence-corrected chi connectivity index (χ2v) is 7.86. The van der Waals surface area contributed by atoms with Crippen LogP contribution in [0.4, 0.5) is 0 Å². The van der Waals surface area contributed by atoms with Gasteiger partial charge in [-0.3, -0.25) is 0 Å². The van der Waals surface area contributed by atoms with Crippen LogP contribution in [0.5, 0.6) is 0 Å². The van der Waals surface area contributed by atoms with E-state index in [1.54, 1.807) is 11.8 Å². The number of hydrogen-bond donors (Lipinski definition) is 0. The van der Waals surface area contributed by atoms with Gasteiger partial charge in [0, 0.05) is 11.8 Å². The van der Waals surface area contributed by atoms with Gasteiger partial charge in [-0.15, -0.1) is 0 Å². The smallest absolute Gasteiger partial charge is 0.347 e. The molecule has 5 rings (SSSR count). The van der Waals surface area contributed by atoms with Crippen LogP contribution in [0.3, 0.4) is 0 Å². The molecule has 4 aliphatic carbocycles. The average Bonchev–Trinajstić information content (AvgIpc) is 2.73. The maximum atomic E-state index is 11.9. The summed E-state index contributed by atoms with van der Waals surface area (Å²) < 4.78 is 11.2. The zero-order valence-corrected chi connectivity index (χ0v) is 12.3. The predicted molar refractivity (Wildman–Crippen MR) is 73.2 cm³/mol. The predicted octanol–water partition coefficient (Wildman–Crippen LogP) is 3.31. The number of hydrogen-bond acceptors (Lipinski definition) is 4. The Hall–Kier alpha value is -0.640. The highest BCUT2D eigenvalue weighted by molar-refractivity contribution is 8.05. The van der Waals surface area contributed by atoms with Crippen LogP contribution >= 0.6 is 11.8 Å². The van der Waals surface area contributed by atoms with Gasteiger partial charge in [0.05, 0.1) is 7.11 Å². The summed E-state index contributed by atoms with van der Waals surface area (Å²) >= 11 is 1.67. The molecule has 0 amide bonds. The number of ether oxygens (including phenoxy) is 2. The largest absolute Gasteiger partial charge is 0.479 e. The maximum absolute atomic E-state index is 11.9. The molecule has 4 heteroatoms. The Morgan fingerprint density at radius 3 is 2.32 bits per heavy atom. The Morgan fingerprint density at radius 1 is 1.21 bits per heavy atom. The minimum absolute atomic E-state index is 0.138. The van der Waals surface area contributed by atoms with Gasteiger partial charge in [-0.1, -0.05) is 11.8 Å².